The van der Waals surface area contributed by atoms with Gasteiger partial charge in [0.15, 0.2) is 0 Å². The Morgan fingerprint density at radius 1 is 1.06 bits per heavy atom. The van der Waals surface area contributed by atoms with Gasteiger partial charge in [-0.05, 0) is 44.8 Å². The molecule has 0 bridgehead atoms. The Labute approximate surface area is 107 Å². The average Bonchev–Trinajstić information content (AvgIpc) is 2.38. The summed E-state index contributed by atoms with van der Waals surface area (Å²) in [4.78, 5) is 5.37. The summed E-state index contributed by atoms with van der Waals surface area (Å²) in [5.74, 6) is 0.848. The van der Waals surface area contributed by atoms with Gasteiger partial charge in [-0.25, -0.2) is 0 Å². The number of likely N-dealkylation sites (tertiary alicyclic amines) is 1. The van der Waals surface area contributed by atoms with E-state index in [-0.39, 0.29) is 0 Å². The van der Waals surface area contributed by atoms with Crippen molar-refractivity contribution < 1.29 is 0 Å². The summed E-state index contributed by atoms with van der Waals surface area (Å²) in [5.41, 5.74) is 0. The van der Waals surface area contributed by atoms with Gasteiger partial charge in [0, 0.05) is 32.2 Å². The molecule has 17 heavy (non-hydrogen) atoms. The molecule has 0 spiro atoms. The van der Waals surface area contributed by atoms with E-state index in [1.165, 1.54) is 65.1 Å². The minimum Gasteiger partial charge on any atom is -0.314 e. The summed E-state index contributed by atoms with van der Waals surface area (Å²) in [6.07, 6.45) is 4.13. The van der Waals surface area contributed by atoms with Crippen LogP contribution in [0, 0.1) is 5.92 Å². The second-order valence-electron chi connectivity index (χ2n) is 6.04. The van der Waals surface area contributed by atoms with Gasteiger partial charge in [0.25, 0.3) is 0 Å². The normalized spacial score (nSPS) is 25.6. The van der Waals surface area contributed by atoms with E-state index in [0.29, 0.717) is 0 Å². The van der Waals surface area contributed by atoms with Crippen molar-refractivity contribution in [3.05, 3.63) is 0 Å². The molecule has 0 amide bonds. The van der Waals surface area contributed by atoms with Gasteiger partial charge in [-0.15, -0.1) is 0 Å². The lowest BCUT2D eigenvalue weighted by atomic mass is 10.0. The molecule has 0 aromatic carbocycles. The highest BCUT2D eigenvalue weighted by Crippen LogP contribution is 2.17. The molecule has 2 saturated heterocycles. The minimum atomic E-state index is 0.848. The quantitative estimate of drug-likeness (QED) is 0.800. The smallest absolute Gasteiger partial charge is 0.0121 e. The van der Waals surface area contributed by atoms with Crippen LogP contribution in [0.15, 0.2) is 0 Å². The molecule has 0 aliphatic carbocycles. The lowest BCUT2D eigenvalue weighted by molar-refractivity contribution is 0.0958. The van der Waals surface area contributed by atoms with E-state index in [1.807, 2.05) is 0 Å². The van der Waals surface area contributed by atoms with Crippen molar-refractivity contribution in [2.24, 2.45) is 5.92 Å². The van der Waals surface area contributed by atoms with Crippen molar-refractivity contribution in [3.8, 4) is 0 Å². The zero-order chi connectivity index (χ0) is 12.1. The first-order chi connectivity index (χ1) is 8.25. The van der Waals surface area contributed by atoms with Gasteiger partial charge in [-0.1, -0.05) is 13.8 Å². The van der Waals surface area contributed by atoms with Gasteiger partial charge in [-0.3, -0.25) is 4.90 Å². The predicted octanol–water partition coefficient (Wildman–Crippen LogP) is 1.40. The van der Waals surface area contributed by atoms with Gasteiger partial charge < -0.3 is 10.2 Å². The number of piperazine rings is 1. The SMILES string of the molecule is CC(C)CCN1CCC(N2CCNCC2)CC1. The molecular weight excluding hydrogens is 210 g/mol. The van der Waals surface area contributed by atoms with Crippen molar-refractivity contribution >= 4 is 0 Å². The number of rotatable bonds is 4. The van der Waals surface area contributed by atoms with E-state index in [2.05, 4.69) is 29.0 Å². The lowest BCUT2D eigenvalue weighted by Crippen LogP contribution is -2.52. The molecule has 2 rings (SSSR count). The fraction of sp³-hybridized carbons (Fsp3) is 1.00. The van der Waals surface area contributed by atoms with Crippen LogP contribution in [0.2, 0.25) is 0 Å². The van der Waals surface area contributed by atoms with Gasteiger partial charge in [0.2, 0.25) is 0 Å². The van der Waals surface area contributed by atoms with Crippen LogP contribution in [0.1, 0.15) is 33.1 Å². The van der Waals surface area contributed by atoms with E-state index < -0.39 is 0 Å². The topological polar surface area (TPSA) is 18.5 Å². The monoisotopic (exact) mass is 239 g/mol. The Balaban J connectivity index is 1.66. The second kappa shape index (κ2) is 6.72. The molecule has 3 nitrogen and oxygen atoms in total. The highest BCUT2D eigenvalue weighted by molar-refractivity contribution is 4.82. The molecule has 2 aliphatic rings. The van der Waals surface area contributed by atoms with Crippen molar-refractivity contribution in [3.63, 3.8) is 0 Å². The van der Waals surface area contributed by atoms with Crippen molar-refractivity contribution in [1.82, 2.24) is 15.1 Å². The van der Waals surface area contributed by atoms with Gasteiger partial charge in [0.1, 0.15) is 0 Å². The van der Waals surface area contributed by atoms with Crippen LogP contribution < -0.4 is 5.32 Å². The summed E-state index contributed by atoms with van der Waals surface area (Å²) in [7, 11) is 0. The van der Waals surface area contributed by atoms with Crippen LogP contribution in [0.25, 0.3) is 0 Å². The zero-order valence-corrected chi connectivity index (χ0v) is 11.6. The number of nitrogens with one attached hydrogen (secondary N) is 1. The summed E-state index contributed by atoms with van der Waals surface area (Å²) in [5, 5.41) is 3.44. The Morgan fingerprint density at radius 2 is 1.71 bits per heavy atom. The molecule has 0 radical (unpaired) electrons. The number of piperidine rings is 1. The summed E-state index contributed by atoms with van der Waals surface area (Å²) in [6, 6.07) is 0.868. The Hall–Kier alpha value is -0.120. The Bertz CT molecular complexity index is 204. The average molecular weight is 239 g/mol. The Kier molecular flexibility index (Phi) is 5.26. The summed E-state index contributed by atoms with van der Waals surface area (Å²) in [6.45, 7) is 13.5. The third-order valence-corrected chi connectivity index (χ3v) is 4.25. The Morgan fingerprint density at radius 3 is 2.29 bits per heavy atom. The fourth-order valence-corrected chi connectivity index (χ4v) is 3.00. The van der Waals surface area contributed by atoms with E-state index >= 15 is 0 Å². The van der Waals surface area contributed by atoms with E-state index in [9.17, 15) is 0 Å². The third-order valence-electron chi connectivity index (χ3n) is 4.25. The molecule has 2 aliphatic heterocycles. The minimum absolute atomic E-state index is 0.848. The summed E-state index contributed by atoms with van der Waals surface area (Å²) >= 11 is 0. The maximum absolute atomic E-state index is 3.44. The van der Waals surface area contributed by atoms with Crippen molar-refractivity contribution in [1.29, 1.82) is 0 Å². The molecule has 100 valence electrons. The molecule has 2 fully saturated rings. The van der Waals surface area contributed by atoms with Crippen LogP contribution in [0.5, 0.6) is 0 Å². The standard InChI is InChI=1S/C14H29N3/c1-13(2)3-8-16-9-4-14(5-10-16)17-11-6-15-7-12-17/h13-15H,3-12H2,1-2H3. The molecule has 3 heteroatoms. The maximum atomic E-state index is 3.44. The van der Waals surface area contributed by atoms with Crippen LogP contribution in [0.4, 0.5) is 0 Å². The molecule has 0 aromatic heterocycles. The number of nitrogens with zero attached hydrogens (tertiary/aromatic N) is 2. The molecule has 1 N–H and O–H groups in total. The molecule has 0 saturated carbocycles. The second-order valence-corrected chi connectivity index (χ2v) is 6.04. The molecule has 0 unspecified atom stereocenters. The molecule has 0 aromatic rings. The largest absolute Gasteiger partial charge is 0.314 e. The highest BCUT2D eigenvalue weighted by Gasteiger charge is 2.25. The fourth-order valence-electron chi connectivity index (χ4n) is 3.00. The van der Waals surface area contributed by atoms with Gasteiger partial charge in [-0.2, -0.15) is 0 Å². The van der Waals surface area contributed by atoms with Crippen molar-refractivity contribution in [2.45, 2.75) is 39.2 Å². The van der Waals surface area contributed by atoms with Crippen LogP contribution in [0.3, 0.4) is 0 Å². The number of hydrogen-bond donors (Lipinski definition) is 1. The molecule has 0 atom stereocenters. The summed E-state index contributed by atoms with van der Waals surface area (Å²) < 4.78 is 0. The molecular formula is C14H29N3. The van der Waals surface area contributed by atoms with Gasteiger partial charge in [0.05, 0.1) is 0 Å². The van der Waals surface area contributed by atoms with Gasteiger partial charge >= 0.3 is 0 Å². The van der Waals surface area contributed by atoms with E-state index in [1.54, 1.807) is 0 Å². The first kappa shape index (κ1) is 13.3. The first-order valence-electron chi connectivity index (χ1n) is 7.43. The maximum Gasteiger partial charge on any atom is 0.0121 e. The van der Waals surface area contributed by atoms with Crippen LogP contribution in [-0.2, 0) is 0 Å². The van der Waals surface area contributed by atoms with E-state index in [0.717, 1.165) is 12.0 Å². The van der Waals surface area contributed by atoms with Crippen LogP contribution >= 0.6 is 0 Å². The highest BCUT2D eigenvalue weighted by atomic mass is 15.2. The third kappa shape index (κ3) is 4.23. The predicted molar refractivity (Wildman–Crippen MR) is 73.4 cm³/mol. The lowest BCUT2D eigenvalue weighted by Gasteiger charge is -2.40. The zero-order valence-electron chi connectivity index (χ0n) is 11.6. The molecule has 2 heterocycles. The van der Waals surface area contributed by atoms with Crippen molar-refractivity contribution in [2.75, 3.05) is 45.8 Å². The first-order valence-corrected chi connectivity index (χ1v) is 7.43. The van der Waals surface area contributed by atoms with Crippen LogP contribution in [-0.4, -0.2) is 61.7 Å². The number of hydrogen-bond acceptors (Lipinski definition) is 3. The van der Waals surface area contributed by atoms with E-state index in [4.69, 9.17) is 0 Å².